The third-order valence-corrected chi connectivity index (χ3v) is 2.25. The van der Waals surface area contributed by atoms with Crippen LogP contribution in [0, 0.1) is 0 Å². The van der Waals surface area contributed by atoms with Crippen molar-refractivity contribution in [2.75, 3.05) is 19.5 Å². The maximum Gasteiger partial charge on any atom is 0.165 e. The molecule has 0 radical (unpaired) electrons. The van der Waals surface area contributed by atoms with E-state index in [1.165, 1.54) is 0 Å². The van der Waals surface area contributed by atoms with Crippen LogP contribution in [0.2, 0.25) is 0 Å². The van der Waals surface area contributed by atoms with Gasteiger partial charge in [0.1, 0.15) is 5.75 Å². The maximum absolute atomic E-state index is 5.61. The lowest BCUT2D eigenvalue weighted by molar-refractivity contribution is 0.183. The first-order valence-electron chi connectivity index (χ1n) is 5.33. The van der Waals surface area contributed by atoms with Crippen molar-refractivity contribution in [3.63, 3.8) is 0 Å². The van der Waals surface area contributed by atoms with Crippen LogP contribution in [0.5, 0.6) is 11.5 Å². The van der Waals surface area contributed by atoms with Gasteiger partial charge in [0.05, 0.1) is 25.5 Å². The SMILES string of the molecule is COCCn1cc(Oc2ccc(N)cc2)cn1. The van der Waals surface area contributed by atoms with Crippen LogP contribution < -0.4 is 10.5 Å². The molecule has 2 aromatic rings. The number of ether oxygens (including phenoxy) is 2. The van der Waals surface area contributed by atoms with Gasteiger partial charge >= 0.3 is 0 Å². The van der Waals surface area contributed by atoms with E-state index in [2.05, 4.69) is 5.10 Å². The number of hydrogen-bond donors (Lipinski definition) is 1. The first kappa shape index (κ1) is 11.5. The Kier molecular flexibility index (Phi) is 3.62. The van der Waals surface area contributed by atoms with Gasteiger partial charge in [-0.2, -0.15) is 5.10 Å². The molecule has 5 heteroatoms. The molecule has 5 nitrogen and oxygen atoms in total. The third kappa shape index (κ3) is 3.22. The van der Waals surface area contributed by atoms with E-state index in [9.17, 15) is 0 Å². The van der Waals surface area contributed by atoms with E-state index in [0.29, 0.717) is 24.6 Å². The molecule has 2 N–H and O–H groups in total. The smallest absolute Gasteiger partial charge is 0.165 e. The summed E-state index contributed by atoms with van der Waals surface area (Å²) in [6.45, 7) is 1.34. The van der Waals surface area contributed by atoms with Crippen LogP contribution in [0.4, 0.5) is 5.69 Å². The highest BCUT2D eigenvalue weighted by Gasteiger charge is 2.01. The highest BCUT2D eigenvalue weighted by molar-refractivity contribution is 5.42. The summed E-state index contributed by atoms with van der Waals surface area (Å²) in [5.74, 6) is 1.44. The molecule has 0 amide bonds. The first-order chi connectivity index (χ1) is 8.28. The lowest BCUT2D eigenvalue weighted by Crippen LogP contribution is -2.03. The van der Waals surface area contributed by atoms with E-state index in [1.54, 1.807) is 30.1 Å². The van der Waals surface area contributed by atoms with E-state index < -0.39 is 0 Å². The minimum absolute atomic E-state index is 0.628. The van der Waals surface area contributed by atoms with Crippen molar-refractivity contribution in [1.82, 2.24) is 9.78 Å². The molecule has 1 aromatic heterocycles. The van der Waals surface area contributed by atoms with Gasteiger partial charge in [-0.25, -0.2) is 0 Å². The fourth-order valence-electron chi connectivity index (χ4n) is 1.38. The maximum atomic E-state index is 5.61. The van der Waals surface area contributed by atoms with Crippen LogP contribution in [0.1, 0.15) is 0 Å². The largest absolute Gasteiger partial charge is 0.454 e. The van der Waals surface area contributed by atoms with E-state index in [1.807, 2.05) is 18.3 Å². The second kappa shape index (κ2) is 5.36. The van der Waals surface area contributed by atoms with Gasteiger partial charge in [-0.05, 0) is 24.3 Å². The van der Waals surface area contributed by atoms with Crippen molar-refractivity contribution in [1.29, 1.82) is 0 Å². The van der Waals surface area contributed by atoms with Crippen LogP contribution in [-0.2, 0) is 11.3 Å². The normalized spacial score (nSPS) is 10.4. The summed E-state index contributed by atoms with van der Waals surface area (Å²) in [6, 6.07) is 7.24. The van der Waals surface area contributed by atoms with Gasteiger partial charge in [-0.1, -0.05) is 0 Å². The molecule has 0 aliphatic heterocycles. The van der Waals surface area contributed by atoms with Gasteiger partial charge in [0.15, 0.2) is 5.75 Å². The molecule has 90 valence electrons. The molecule has 2 rings (SSSR count). The summed E-state index contributed by atoms with van der Waals surface area (Å²) in [5.41, 5.74) is 6.31. The molecular formula is C12H15N3O2. The zero-order valence-corrected chi connectivity index (χ0v) is 9.67. The van der Waals surface area contributed by atoms with Crippen molar-refractivity contribution in [3.8, 4) is 11.5 Å². The number of rotatable bonds is 5. The topological polar surface area (TPSA) is 62.3 Å². The molecular weight excluding hydrogens is 218 g/mol. The van der Waals surface area contributed by atoms with Gasteiger partial charge < -0.3 is 15.2 Å². The van der Waals surface area contributed by atoms with E-state index in [0.717, 1.165) is 5.75 Å². The average Bonchev–Trinajstić information content (AvgIpc) is 2.77. The first-order valence-corrected chi connectivity index (χ1v) is 5.33. The second-order valence-electron chi connectivity index (χ2n) is 3.60. The number of methoxy groups -OCH3 is 1. The molecule has 0 bridgehead atoms. The number of nitrogens with zero attached hydrogens (tertiary/aromatic N) is 2. The van der Waals surface area contributed by atoms with Crippen LogP contribution in [0.3, 0.4) is 0 Å². The molecule has 0 atom stereocenters. The predicted molar refractivity (Wildman–Crippen MR) is 65.0 cm³/mol. The predicted octanol–water partition coefficient (Wildman–Crippen LogP) is 1.90. The van der Waals surface area contributed by atoms with Crippen molar-refractivity contribution in [2.24, 2.45) is 0 Å². The molecule has 17 heavy (non-hydrogen) atoms. The van der Waals surface area contributed by atoms with Gasteiger partial charge in [-0.3, -0.25) is 4.68 Å². The van der Waals surface area contributed by atoms with E-state index in [4.69, 9.17) is 15.2 Å². The van der Waals surface area contributed by atoms with Gasteiger partial charge in [0.2, 0.25) is 0 Å². The average molecular weight is 233 g/mol. The lowest BCUT2D eigenvalue weighted by atomic mass is 10.3. The van der Waals surface area contributed by atoms with Crippen LogP contribution in [0.15, 0.2) is 36.7 Å². The molecule has 0 saturated heterocycles. The summed E-state index contributed by atoms with van der Waals surface area (Å²) >= 11 is 0. The van der Waals surface area contributed by atoms with Gasteiger partial charge in [0, 0.05) is 12.8 Å². The fraction of sp³-hybridized carbons (Fsp3) is 0.250. The Morgan fingerprint density at radius 3 is 2.71 bits per heavy atom. The van der Waals surface area contributed by atoms with Gasteiger partial charge in [0.25, 0.3) is 0 Å². The van der Waals surface area contributed by atoms with Crippen molar-refractivity contribution >= 4 is 5.69 Å². The Bertz CT molecular complexity index is 465. The molecule has 1 aromatic carbocycles. The zero-order valence-electron chi connectivity index (χ0n) is 9.67. The van der Waals surface area contributed by atoms with Crippen LogP contribution in [-0.4, -0.2) is 23.5 Å². The minimum atomic E-state index is 0.628. The standard InChI is InChI=1S/C12H15N3O2/c1-16-7-6-15-9-12(8-14-15)17-11-4-2-10(13)3-5-11/h2-5,8-9H,6-7,13H2,1H3. The summed E-state index contributed by atoms with van der Waals surface area (Å²) in [5, 5.41) is 4.15. The number of aromatic nitrogens is 2. The summed E-state index contributed by atoms with van der Waals surface area (Å²) in [4.78, 5) is 0. The Hall–Kier alpha value is -2.01. The Balaban J connectivity index is 1.98. The molecule has 0 unspecified atom stereocenters. The fourth-order valence-corrected chi connectivity index (χ4v) is 1.38. The molecule has 0 aliphatic carbocycles. The number of hydrogen-bond acceptors (Lipinski definition) is 4. The number of nitrogens with two attached hydrogens (primary N) is 1. The zero-order chi connectivity index (χ0) is 12.1. The lowest BCUT2D eigenvalue weighted by Gasteiger charge is -2.02. The Morgan fingerprint density at radius 1 is 1.24 bits per heavy atom. The van der Waals surface area contributed by atoms with Crippen molar-refractivity contribution < 1.29 is 9.47 Å². The minimum Gasteiger partial charge on any atom is -0.454 e. The monoisotopic (exact) mass is 233 g/mol. The molecule has 0 spiro atoms. The second-order valence-corrected chi connectivity index (χ2v) is 3.60. The molecule has 1 heterocycles. The summed E-state index contributed by atoms with van der Waals surface area (Å²) in [6.07, 6.45) is 3.50. The number of anilines is 1. The van der Waals surface area contributed by atoms with Crippen molar-refractivity contribution in [2.45, 2.75) is 6.54 Å². The van der Waals surface area contributed by atoms with Crippen LogP contribution in [0.25, 0.3) is 0 Å². The Labute approximate surface area is 99.8 Å². The van der Waals surface area contributed by atoms with Gasteiger partial charge in [-0.15, -0.1) is 0 Å². The summed E-state index contributed by atoms with van der Waals surface area (Å²) in [7, 11) is 1.66. The van der Waals surface area contributed by atoms with Crippen molar-refractivity contribution in [3.05, 3.63) is 36.7 Å². The highest BCUT2D eigenvalue weighted by Crippen LogP contribution is 2.21. The number of nitrogen functional groups attached to an aromatic ring is 1. The van der Waals surface area contributed by atoms with E-state index in [-0.39, 0.29) is 0 Å². The quantitative estimate of drug-likeness (QED) is 0.801. The molecule has 0 aliphatic rings. The van der Waals surface area contributed by atoms with Crippen LogP contribution >= 0.6 is 0 Å². The third-order valence-electron chi connectivity index (χ3n) is 2.25. The highest BCUT2D eigenvalue weighted by atomic mass is 16.5. The summed E-state index contributed by atoms with van der Waals surface area (Å²) < 4.78 is 12.4. The molecule has 0 saturated carbocycles. The van der Waals surface area contributed by atoms with E-state index >= 15 is 0 Å². The molecule has 0 fully saturated rings. The number of benzene rings is 1. The Morgan fingerprint density at radius 2 is 2.00 bits per heavy atom.